The molecule has 0 radical (unpaired) electrons. The largest absolute Gasteiger partial charge is 0.394 e. The van der Waals surface area contributed by atoms with E-state index < -0.39 is 11.9 Å². The Hall–Kier alpha value is -1.44. The topological polar surface area (TPSA) is 70.0 Å². The van der Waals surface area contributed by atoms with Crippen LogP contribution in [0.15, 0.2) is 18.2 Å². The van der Waals surface area contributed by atoms with E-state index in [1.165, 1.54) is 18.2 Å². The van der Waals surface area contributed by atoms with Crippen molar-refractivity contribution in [2.75, 3.05) is 6.61 Å². The molecule has 0 aliphatic heterocycles. The van der Waals surface area contributed by atoms with E-state index in [0.717, 1.165) is 0 Å². The zero-order valence-corrected chi connectivity index (χ0v) is 6.87. The molecule has 0 saturated heterocycles. The summed E-state index contributed by atoms with van der Waals surface area (Å²) in [6.07, 6.45) is 0. The highest BCUT2D eigenvalue weighted by molar-refractivity contribution is 5.34. The Balaban J connectivity index is 3.04. The Bertz CT molecular complexity index is 346. The maximum atomic E-state index is 13.0. The molecule has 0 aliphatic rings. The van der Waals surface area contributed by atoms with Crippen molar-refractivity contribution in [3.05, 3.63) is 35.1 Å². The van der Waals surface area contributed by atoms with Gasteiger partial charge in [0.2, 0.25) is 0 Å². The number of nitrogens with zero attached hydrogens (tertiary/aromatic N) is 1. The number of nitriles is 1. The van der Waals surface area contributed by atoms with Crippen LogP contribution in [0.3, 0.4) is 0 Å². The number of halogens is 1. The Kier molecular flexibility index (Phi) is 2.96. The van der Waals surface area contributed by atoms with E-state index in [0.29, 0.717) is 5.56 Å². The molecule has 0 unspecified atom stereocenters. The van der Waals surface area contributed by atoms with E-state index in [9.17, 15) is 4.39 Å². The molecule has 0 aliphatic carbocycles. The zero-order chi connectivity index (χ0) is 9.84. The maximum Gasteiger partial charge on any atom is 0.141 e. The fourth-order valence-electron chi connectivity index (χ4n) is 0.958. The lowest BCUT2D eigenvalue weighted by Gasteiger charge is -2.08. The van der Waals surface area contributed by atoms with E-state index in [1.807, 2.05) is 0 Å². The average Bonchev–Trinajstić information content (AvgIpc) is 2.16. The Morgan fingerprint density at radius 1 is 1.62 bits per heavy atom. The van der Waals surface area contributed by atoms with Crippen LogP contribution in [-0.2, 0) is 0 Å². The SMILES string of the molecule is N#Cc1ccc([C@@H](N)CO)cc1F. The number of benzene rings is 1. The Morgan fingerprint density at radius 2 is 2.31 bits per heavy atom. The van der Waals surface area contributed by atoms with Crippen molar-refractivity contribution in [3.63, 3.8) is 0 Å². The third-order valence-corrected chi connectivity index (χ3v) is 1.74. The predicted molar refractivity (Wildman–Crippen MR) is 45.1 cm³/mol. The summed E-state index contributed by atoms with van der Waals surface area (Å²) in [5.41, 5.74) is 5.92. The third-order valence-electron chi connectivity index (χ3n) is 1.74. The van der Waals surface area contributed by atoms with Crippen molar-refractivity contribution in [3.8, 4) is 6.07 Å². The van der Waals surface area contributed by atoms with Gasteiger partial charge in [-0.3, -0.25) is 0 Å². The predicted octanol–water partition coefficient (Wildman–Crippen LogP) is 0.689. The van der Waals surface area contributed by atoms with Crippen LogP contribution in [0, 0.1) is 17.1 Å². The highest BCUT2D eigenvalue weighted by Crippen LogP contribution is 2.14. The monoisotopic (exact) mass is 180 g/mol. The second-order valence-electron chi connectivity index (χ2n) is 2.64. The van der Waals surface area contributed by atoms with Crippen LogP contribution in [0.4, 0.5) is 4.39 Å². The van der Waals surface area contributed by atoms with Gasteiger partial charge >= 0.3 is 0 Å². The molecule has 68 valence electrons. The summed E-state index contributed by atoms with van der Waals surface area (Å²) in [5.74, 6) is -0.607. The van der Waals surface area contributed by atoms with E-state index in [1.54, 1.807) is 6.07 Å². The van der Waals surface area contributed by atoms with Crippen LogP contribution in [0.1, 0.15) is 17.2 Å². The lowest BCUT2D eigenvalue weighted by Crippen LogP contribution is -2.14. The maximum absolute atomic E-state index is 13.0. The molecule has 3 nitrogen and oxygen atoms in total. The Morgan fingerprint density at radius 3 is 2.77 bits per heavy atom. The van der Waals surface area contributed by atoms with E-state index in [4.69, 9.17) is 16.1 Å². The van der Waals surface area contributed by atoms with Gasteiger partial charge in [-0.25, -0.2) is 4.39 Å². The second kappa shape index (κ2) is 3.99. The van der Waals surface area contributed by atoms with Crippen molar-refractivity contribution >= 4 is 0 Å². The fraction of sp³-hybridized carbons (Fsp3) is 0.222. The highest BCUT2D eigenvalue weighted by Gasteiger charge is 2.07. The first-order chi connectivity index (χ1) is 6.19. The molecular weight excluding hydrogens is 171 g/mol. The molecule has 0 heterocycles. The first-order valence-electron chi connectivity index (χ1n) is 3.75. The average molecular weight is 180 g/mol. The van der Waals surface area contributed by atoms with Crippen LogP contribution < -0.4 is 5.73 Å². The first-order valence-corrected chi connectivity index (χ1v) is 3.75. The molecule has 0 amide bonds. The highest BCUT2D eigenvalue weighted by atomic mass is 19.1. The minimum Gasteiger partial charge on any atom is -0.394 e. The van der Waals surface area contributed by atoms with E-state index in [-0.39, 0.29) is 12.2 Å². The van der Waals surface area contributed by atoms with Gasteiger partial charge in [0.05, 0.1) is 18.2 Å². The third kappa shape index (κ3) is 2.02. The fourth-order valence-corrected chi connectivity index (χ4v) is 0.958. The van der Waals surface area contributed by atoms with Crippen LogP contribution in [0.5, 0.6) is 0 Å². The summed E-state index contributed by atoms with van der Waals surface area (Å²) < 4.78 is 13.0. The number of aliphatic hydroxyl groups excluding tert-OH is 1. The molecule has 0 saturated carbocycles. The van der Waals surface area contributed by atoms with Crippen molar-refractivity contribution in [1.82, 2.24) is 0 Å². The molecule has 1 atom stereocenters. The summed E-state index contributed by atoms with van der Waals surface area (Å²) >= 11 is 0. The molecule has 1 aromatic rings. The van der Waals surface area contributed by atoms with Crippen LogP contribution in [0.2, 0.25) is 0 Å². The number of nitrogens with two attached hydrogens (primary N) is 1. The minimum absolute atomic E-state index is 0.0195. The smallest absolute Gasteiger partial charge is 0.141 e. The van der Waals surface area contributed by atoms with Gasteiger partial charge in [-0.2, -0.15) is 5.26 Å². The van der Waals surface area contributed by atoms with Gasteiger partial charge in [0, 0.05) is 0 Å². The Labute approximate surface area is 75.2 Å². The molecule has 0 fully saturated rings. The zero-order valence-electron chi connectivity index (χ0n) is 6.87. The van der Waals surface area contributed by atoms with E-state index >= 15 is 0 Å². The minimum atomic E-state index is -0.607. The number of aliphatic hydroxyl groups is 1. The molecular formula is C9H9FN2O. The van der Waals surface area contributed by atoms with Gasteiger partial charge in [0.15, 0.2) is 0 Å². The molecule has 4 heteroatoms. The summed E-state index contributed by atoms with van der Waals surface area (Å²) in [5, 5.41) is 17.1. The molecule has 13 heavy (non-hydrogen) atoms. The molecule has 0 aromatic heterocycles. The second-order valence-corrected chi connectivity index (χ2v) is 2.64. The molecule has 1 aromatic carbocycles. The van der Waals surface area contributed by atoms with Gasteiger partial charge < -0.3 is 10.8 Å². The van der Waals surface area contributed by atoms with Gasteiger partial charge in [-0.1, -0.05) is 6.07 Å². The van der Waals surface area contributed by atoms with Crippen molar-refractivity contribution in [2.24, 2.45) is 5.73 Å². The van der Waals surface area contributed by atoms with Crippen molar-refractivity contribution in [1.29, 1.82) is 5.26 Å². The summed E-state index contributed by atoms with van der Waals surface area (Å²) in [4.78, 5) is 0. The number of hydrogen-bond donors (Lipinski definition) is 2. The number of rotatable bonds is 2. The van der Waals surface area contributed by atoms with Crippen molar-refractivity contribution < 1.29 is 9.50 Å². The van der Waals surface area contributed by atoms with Gasteiger partial charge in [0.25, 0.3) is 0 Å². The molecule has 0 bridgehead atoms. The normalized spacial score (nSPS) is 12.2. The molecule has 0 spiro atoms. The summed E-state index contributed by atoms with van der Waals surface area (Å²) in [6.45, 7) is -0.245. The lowest BCUT2D eigenvalue weighted by atomic mass is 10.1. The van der Waals surface area contributed by atoms with Gasteiger partial charge in [-0.05, 0) is 17.7 Å². The quantitative estimate of drug-likeness (QED) is 0.703. The number of hydrogen-bond acceptors (Lipinski definition) is 3. The van der Waals surface area contributed by atoms with Gasteiger partial charge in [-0.15, -0.1) is 0 Å². The molecule has 3 N–H and O–H groups in total. The summed E-state index contributed by atoms with van der Waals surface area (Å²) in [7, 11) is 0. The van der Waals surface area contributed by atoms with Crippen LogP contribution in [0.25, 0.3) is 0 Å². The van der Waals surface area contributed by atoms with Crippen molar-refractivity contribution in [2.45, 2.75) is 6.04 Å². The van der Waals surface area contributed by atoms with Gasteiger partial charge in [0.1, 0.15) is 11.9 Å². The van der Waals surface area contributed by atoms with E-state index in [2.05, 4.69) is 0 Å². The first kappa shape index (κ1) is 9.65. The standard InChI is InChI=1S/C9H9FN2O/c10-8-3-6(9(12)5-13)1-2-7(8)4-11/h1-3,9,13H,5,12H2/t9-/m0/s1. The molecule has 1 rings (SSSR count). The summed E-state index contributed by atoms with van der Waals surface area (Å²) in [6, 6.07) is 5.15. The lowest BCUT2D eigenvalue weighted by molar-refractivity contribution is 0.268. The van der Waals surface area contributed by atoms with Crippen LogP contribution >= 0.6 is 0 Å². The van der Waals surface area contributed by atoms with Crippen LogP contribution in [-0.4, -0.2) is 11.7 Å².